The van der Waals surface area contributed by atoms with Crippen LogP contribution in [-0.2, 0) is 19.3 Å². The molecule has 1 fully saturated rings. The van der Waals surface area contributed by atoms with E-state index in [1.54, 1.807) is 0 Å². The summed E-state index contributed by atoms with van der Waals surface area (Å²) in [5, 5.41) is 0. The lowest BCUT2D eigenvalue weighted by Gasteiger charge is -2.31. The van der Waals surface area contributed by atoms with Gasteiger partial charge < -0.3 is 4.74 Å². The average molecular weight is 539 g/mol. The Hall–Kier alpha value is -2.54. The molecule has 0 spiro atoms. The Bertz CT molecular complexity index is 1210. The van der Waals surface area contributed by atoms with Crippen LogP contribution in [0.1, 0.15) is 122 Å². The van der Waals surface area contributed by atoms with Crippen LogP contribution in [0.2, 0.25) is 0 Å². The molecule has 0 amide bonds. The number of hydrogen-bond donors (Lipinski definition) is 0. The Morgan fingerprint density at radius 1 is 0.625 bits per heavy atom. The maximum atomic E-state index is 6.59. The Morgan fingerprint density at radius 2 is 1.20 bits per heavy atom. The van der Waals surface area contributed by atoms with Gasteiger partial charge in [0.2, 0.25) is 0 Å². The van der Waals surface area contributed by atoms with E-state index in [1.807, 2.05) is 0 Å². The summed E-state index contributed by atoms with van der Waals surface area (Å²) in [6.45, 7) is 16.9. The van der Waals surface area contributed by atoms with E-state index < -0.39 is 0 Å². The van der Waals surface area contributed by atoms with E-state index in [2.05, 4.69) is 103 Å². The zero-order chi connectivity index (χ0) is 28.7. The number of ether oxygens (including phenoxy) is 1. The molecule has 0 N–H and O–H groups in total. The van der Waals surface area contributed by atoms with E-state index in [4.69, 9.17) is 4.74 Å². The van der Waals surface area contributed by atoms with Crippen molar-refractivity contribution in [2.45, 2.75) is 119 Å². The normalized spacial score (nSPS) is 17.7. The maximum absolute atomic E-state index is 6.59. The molecule has 0 heterocycles. The molecule has 0 atom stereocenters. The average Bonchev–Trinajstić information content (AvgIpc) is 3.01. The third kappa shape index (κ3) is 6.67. The SMILES string of the molecule is CCc1cc(-c2ccc(-c3ccc(C4CCC(C)CC4)cc3)cc2CC)c(CC)cc1OCC(CC)(CC)CC. The summed E-state index contributed by atoms with van der Waals surface area (Å²) in [7, 11) is 0. The number of hydrogen-bond acceptors (Lipinski definition) is 1. The molecule has 0 unspecified atom stereocenters. The number of benzene rings is 3. The Kier molecular flexibility index (Phi) is 10.6. The Balaban J connectivity index is 1.61. The molecular formula is C39H54O. The van der Waals surface area contributed by atoms with E-state index in [1.165, 1.54) is 70.2 Å². The van der Waals surface area contributed by atoms with Gasteiger partial charge in [0.25, 0.3) is 0 Å². The first kappa shape index (κ1) is 30.4. The highest BCUT2D eigenvalue weighted by molar-refractivity contribution is 5.77. The summed E-state index contributed by atoms with van der Waals surface area (Å²) >= 11 is 0. The van der Waals surface area contributed by atoms with Crippen molar-refractivity contribution in [1.29, 1.82) is 0 Å². The maximum Gasteiger partial charge on any atom is 0.122 e. The van der Waals surface area contributed by atoms with Crippen molar-refractivity contribution in [3.05, 3.63) is 76.9 Å². The van der Waals surface area contributed by atoms with E-state index in [0.29, 0.717) is 0 Å². The van der Waals surface area contributed by atoms with Crippen LogP contribution in [0.25, 0.3) is 22.3 Å². The van der Waals surface area contributed by atoms with Gasteiger partial charge in [-0.2, -0.15) is 0 Å². The fourth-order valence-electron chi connectivity index (χ4n) is 6.78. The zero-order valence-corrected chi connectivity index (χ0v) is 26.5. The highest BCUT2D eigenvalue weighted by Gasteiger charge is 2.26. The highest BCUT2D eigenvalue weighted by atomic mass is 16.5. The molecule has 1 saturated carbocycles. The molecule has 3 aromatic carbocycles. The summed E-state index contributed by atoms with van der Waals surface area (Å²) < 4.78 is 6.59. The molecule has 216 valence electrons. The largest absolute Gasteiger partial charge is 0.493 e. The molecule has 4 rings (SSSR count). The molecule has 1 aliphatic carbocycles. The lowest BCUT2D eigenvalue weighted by atomic mass is 9.79. The summed E-state index contributed by atoms with van der Waals surface area (Å²) in [6, 6.07) is 21.4. The van der Waals surface area contributed by atoms with Crippen molar-refractivity contribution >= 4 is 0 Å². The minimum absolute atomic E-state index is 0.272. The highest BCUT2D eigenvalue weighted by Crippen LogP contribution is 2.39. The van der Waals surface area contributed by atoms with Crippen LogP contribution in [0.5, 0.6) is 5.75 Å². The van der Waals surface area contributed by atoms with Crippen LogP contribution in [0.4, 0.5) is 0 Å². The lowest BCUT2D eigenvalue weighted by Crippen LogP contribution is -2.26. The van der Waals surface area contributed by atoms with Gasteiger partial charge in [0, 0.05) is 5.41 Å². The summed E-state index contributed by atoms with van der Waals surface area (Å²) in [5.41, 5.74) is 11.3. The van der Waals surface area contributed by atoms with Gasteiger partial charge in [-0.05, 0) is 120 Å². The summed E-state index contributed by atoms with van der Waals surface area (Å²) in [4.78, 5) is 0. The predicted molar refractivity (Wildman–Crippen MR) is 175 cm³/mol. The summed E-state index contributed by atoms with van der Waals surface area (Å²) in [5.74, 6) is 2.73. The van der Waals surface area contributed by atoms with Crippen LogP contribution in [0.15, 0.2) is 54.6 Å². The fourth-order valence-corrected chi connectivity index (χ4v) is 6.78. The first-order chi connectivity index (χ1) is 19.4. The third-order valence-corrected chi connectivity index (χ3v) is 10.3. The molecular weight excluding hydrogens is 484 g/mol. The van der Waals surface area contributed by atoms with Crippen LogP contribution < -0.4 is 4.74 Å². The first-order valence-electron chi connectivity index (χ1n) is 16.4. The predicted octanol–water partition coefficient (Wildman–Crippen LogP) is 11.6. The topological polar surface area (TPSA) is 9.23 Å². The molecule has 1 nitrogen and oxygen atoms in total. The van der Waals surface area contributed by atoms with Gasteiger partial charge in [0.15, 0.2) is 0 Å². The third-order valence-electron chi connectivity index (χ3n) is 10.3. The van der Waals surface area contributed by atoms with Crippen LogP contribution in [0, 0.1) is 11.3 Å². The molecule has 0 saturated heterocycles. The van der Waals surface area contributed by atoms with Gasteiger partial charge in [0.1, 0.15) is 5.75 Å². The molecule has 1 heteroatoms. The minimum Gasteiger partial charge on any atom is -0.493 e. The smallest absolute Gasteiger partial charge is 0.122 e. The molecule has 0 radical (unpaired) electrons. The quantitative estimate of drug-likeness (QED) is 0.223. The van der Waals surface area contributed by atoms with E-state index in [-0.39, 0.29) is 5.41 Å². The monoisotopic (exact) mass is 538 g/mol. The van der Waals surface area contributed by atoms with Crippen LogP contribution in [-0.4, -0.2) is 6.61 Å². The van der Waals surface area contributed by atoms with Crippen molar-refractivity contribution in [3.63, 3.8) is 0 Å². The van der Waals surface area contributed by atoms with Crippen molar-refractivity contribution in [3.8, 4) is 28.0 Å². The molecule has 1 aliphatic rings. The van der Waals surface area contributed by atoms with Gasteiger partial charge in [-0.1, -0.05) is 104 Å². The Labute approximate surface area is 245 Å². The van der Waals surface area contributed by atoms with Crippen molar-refractivity contribution < 1.29 is 4.74 Å². The molecule has 40 heavy (non-hydrogen) atoms. The van der Waals surface area contributed by atoms with E-state index >= 15 is 0 Å². The first-order valence-corrected chi connectivity index (χ1v) is 16.4. The lowest BCUT2D eigenvalue weighted by molar-refractivity contribution is 0.127. The van der Waals surface area contributed by atoms with Gasteiger partial charge >= 0.3 is 0 Å². The van der Waals surface area contributed by atoms with Gasteiger partial charge in [0.05, 0.1) is 6.61 Å². The fraction of sp³-hybridized carbons (Fsp3) is 0.538. The van der Waals surface area contributed by atoms with Gasteiger partial charge in [-0.3, -0.25) is 0 Å². The number of rotatable bonds is 12. The Morgan fingerprint density at radius 3 is 1.77 bits per heavy atom. The molecule has 0 bridgehead atoms. The van der Waals surface area contributed by atoms with Crippen molar-refractivity contribution in [1.82, 2.24) is 0 Å². The van der Waals surface area contributed by atoms with Crippen molar-refractivity contribution in [2.75, 3.05) is 6.61 Å². The van der Waals surface area contributed by atoms with E-state index in [9.17, 15) is 0 Å². The molecule has 0 aliphatic heterocycles. The zero-order valence-electron chi connectivity index (χ0n) is 26.5. The van der Waals surface area contributed by atoms with Crippen molar-refractivity contribution in [2.24, 2.45) is 11.3 Å². The number of aryl methyl sites for hydroxylation is 3. The second-order valence-electron chi connectivity index (χ2n) is 12.5. The van der Waals surface area contributed by atoms with Gasteiger partial charge in [-0.25, -0.2) is 0 Å². The van der Waals surface area contributed by atoms with E-state index in [0.717, 1.165) is 62.7 Å². The van der Waals surface area contributed by atoms with Gasteiger partial charge in [-0.15, -0.1) is 0 Å². The van der Waals surface area contributed by atoms with Crippen LogP contribution >= 0.6 is 0 Å². The molecule has 3 aromatic rings. The van der Waals surface area contributed by atoms with Crippen LogP contribution in [0.3, 0.4) is 0 Å². The molecule has 0 aromatic heterocycles. The minimum atomic E-state index is 0.272. The summed E-state index contributed by atoms with van der Waals surface area (Å²) in [6.07, 6.45) is 11.9. The standard InChI is InChI=1S/C39H54O/c1-8-29-24-35(34-20-18-33(19-21-34)32-16-14-28(7)15-17-32)22-23-36(29)37-25-31(10-3)38(26-30(37)9-2)40-27-39(11-4,12-5)13-6/h18-26,28,32H,8-17,27H2,1-7H3. The second kappa shape index (κ2) is 13.9. The second-order valence-corrected chi connectivity index (χ2v) is 12.5.